The first kappa shape index (κ1) is 12.7. The molecule has 1 saturated heterocycles. The largest absolute Gasteiger partial charge is 0.481 e. The van der Waals surface area contributed by atoms with Gasteiger partial charge in [-0.2, -0.15) is 0 Å². The van der Waals surface area contributed by atoms with Crippen LogP contribution < -0.4 is 0 Å². The first-order valence-electron chi connectivity index (χ1n) is 6.76. The second kappa shape index (κ2) is 4.96. The molecular formula is C14H17NO3S. The van der Waals surface area contributed by atoms with E-state index in [0.29, 0.717) is 31.8 Å². The molecule has 0 aromatic carbocycles. The van der Waals surface area contributed by atoms with Gasteiger partial charge in [-0.05, 0) is 48.6 Å². The van der Waals surface area contributed by atoms with Crippen molar-refractivity contribution >= 4 is 23.2 Å². The average Bonchev–Trinajstić information content (AvgIpc) is 3.15. The first-order valence-corrected chi connectivity index (χ1v) is 7.64. The third-order valence-electron chi connectivity index (χ3n) is 4.04. The van der Waals surface area contributed by atoms with Gasteiger partial charge in [-0.15, -0.1) is 11.3 Å². The van der Waals surface area contributed by atoms with Crippen LogP contribution in [0.15, 0.2) is 11.4 Å². The van der Waals surface area contributed by atoms with E-state index in [1.54, 1.807) is 0 Å². The molecule has 2 fully saturated rings. The van der Waals surface area contributed by atoms with Crippen LogP contribution in [-0.4, -0.2) is 35.0 Å². The van der Waals surface area contributed by atoms with Crippen LogP contribution in [0.25, 0.3) is 0 Å². The number of nitrogens with zero attached hydrogens (tertiary/aromatic N) is 1. The molecule has 2 aliphatic rings. The van der Waals surface area contributed by atoms with Gasteiger partial charge in [-0.1, -0.05) is 0 Å². The molecule has 0 spiro atoms. The number of carbonyl (C=O) groups excluding carboxylic acids is 1. The number of carbonyl (C=O) groups is 2. The Hall–Kier alpha value is -1.36. The van der Waals surface area contributed by atoms with Gasteiger partial charge in [0, 0.05) is 13.1 Å². The molecule has 1 saturated carbocycles. The SMILES string of the molecule is O=C(O)C1CCN(C(=O)c2sccc2C2CC2)CC1. The summed E-state index contributed by atoms with van der Waals surface area (Å²) in [7, 11) is 0. The molecule has 1 amide bonds. The topological polar surface area (TPSA) is 57.6 Å². The number of rotatable bonds is 3. The predicted molar refractivity (Wildman–Crippen MR) is 72.6 cm³/mol. The summed E-state index contributed by atoms with van der Waals surface area (Å²) >= 11 is 1.52. The molecule has 4 nitrogen and oxygen atoms in total. The fourth-order valence-corrected chi connectivity index (χ4v) is 3.63. The molecule has 102 valence electrons. The highest BCUT2D eigenvalue weighted by Crippen LogP contribution is 2.43. The highest BCUT2D eigenvalue weighted by molar-refractivity contribution is 7.12. The lowest BCUT2D eigenvalue weighted by molar-refractivity contribution is -0.143. The van der Waals surface area contributed by atoms with Crippen molar-refractivity contribution < 1.29 is 14.7 Å². The predicted octanol–water partition coefficient (Wildman–Crippen LogP) is 2.56. The lowest BCUT2D eigenvalue weighted by Gasteiger charge is -2.30. The van der Waals surface area contributed by atoms with E-state index in [1.165, 1.54) is 29.7 Å². The number of carboxylic acids is 1. The average molecular weight is 279 g/mol. The van der Waals surface area contributed by atoms with Gasteiger partial charge in [-0.3, -0.25) is 9.59 Å². The molecule has 5 heteroatoms. The molecular weight excluding hydrogens is 262 g/mol. The number of thiophene rings is 1. The normalized spacial score (nSPS) is 20.5. The van der Waals surface area contributed by atoms with Gasteiger partial charge in [0.05, 0.1) is 10.8 Å². The number of hydrogen-bond acceptors (Lipinski definition) is 3. The smallest absolute Gasteiger partial charge is 0.306 e. The van der Waals surface area contributed by atoms with Gasteiger partial charge in [-0.25, -0.2) is 0 Å². The van der Waals surface area contributed by atoms with Gasteiger partial charge in [0.15, 0.2) is 0 Å². The number of carboxylic acid groups (broad SMARTS) is 1. The highest BCUT2D eigenvalue weighted by atomic mass is 32.1. The van der Waals surface area contributed by atoms with Gasteiger partial charge >= 0.3 is 5.97 Å². The second-order valence-corrected chi connectivity index (χ2v) is 6.30. The molecule has 3 rings (SSSR count). The van der Waals surface area contributed by atoms with E-state index in [-0.39, 0.29) is 11.8 Å². The van der Waals surface area contributed by atoms with E-state index in [2.05, 4.69) is 6.07 Å². The van der Waals surface area contributed by atoms with E-state index in [9.17, 15) is 9.59 Å². The highest BCUT2D eigenvalue weighted by Gasteiger charge is 2.32. The van der Waals surface area contributed by atoms with Crippen LogP contribution in [0.5, 0.6) is 0 Å². The van der Waals surface area contributed by atoms with Crippen molar-refractivity contribution in [2.45, 2.75) is 31.6 Å². The minimum Gasteiger partial charge on any atom is -0.481 e. The Bertz CT molecular complexity index is 499. The number of piperidine rings is 1. The summed E-state index contributed by atoms with van der Waals surface area (Å²) in [6.07, 6.45) is 3.53. The van der Waals surface area contributed by atoms with E-state index in [1.807, 2.05) is 10.3 Å². The molecule has 2 heterocycles. The van der Waals surface area contributed by atoms with Crippen LogP contribution in [0.3, 0.4) is 0 Å². The summed E-state index contributed by atoms with van der Waals surface area (Å²) in [6, 6.07) is 2.07. The lowest BCUT2D eigenvalue weighted by Crippen LogP contribution is -2.40. The molecule has 19 heavy (non-hydrogen) atoms. The van der Waals surface area contributed by atoms with Crippen LogP contribution in [0, 0.1) is 5.92 Å². The fourth-order valence-electron chi connectivity index (χ4n) is 2.68. The summed E-state index contributed by atoms with van der Waals surface area (Å²) < 4.78 is 0. The number of hydrogen-bond donors (Lipinski definition) is 1. The standard InChI is InChI=1S/C14H17NO3S/c16-13(12-11(5-8-19-12)9-1-2-9)15-6-3-10(4-7-15)14(17)18/h5,8-10H,1-4,6-7H2,(H,17,18). The third-order valence-corrected chi connectivity index (χ3v) is 4.96. The maximum absolute atomic E-state index is 12.5. The molecule has 1 aliphatic carbocycles. The van der Waals surface area contributed by atoms with Gasteiger partial charge in [0.1, 0.15) is 0 Å². The van der Waals surface area contributed by atoms with Crippen molar-refractivity contribution in [2.24, 2.45) is 5.92 Å². The number of amides is 1. The van der Waals surface area contributed by atoms with Gasteiger partial charge < -0.3 is 10.0 Å². The minimum absolute atomic E-state index is 0.0979. The Balaban J connectivity index is 1.68. The van der Waals surface area contributed by atoms with Crippen molar-refractivity contribution in [3.8, 4) is 0 Å². The van der Waals surface area contributed by atoms with E-state index >= 15 is 0 Å². The quantitative estimate of drug-likeness (QED) is 0.925. The summed E-state index contributed by atoms with van der Waals surface area (Å²) in [5.74, 6) is -0.334. The molecule has 1 aromatic rings. The molecule has 0 atom stereocenters. The fraction of sp³-hybridized carbons (Fsp3) is 0.571. The Kier molecular flexibility index (Phi) is 3.31. The van der Waals surface area contributed by atoms with Gasteiger partial charge in [0.2, 0.25) is 0 Å². The molecule has 0 radical (unpaired) electrons. The number of likely N-dealkylation sites (tertiary alicyclic amines) is 1. The Morgan fingerprint density at radius 2 is 1.89 bits per heavy atom. The third kappa shape index (κ3) is 2.52. The maximum Gasteiger partial charge on any atom is 0.306 e. The molecule has 1 aromatic heterocycles. The second-order valence-electron chi connectivity index (χ2n) is 5.38. The van der Waals surface area contributed by atoms with Crippen LogP contribution in [-0.2, 0) is 4.79 Å². The Morgan fingerprint density at radius 3 is 2.47 bits per heavy atom. The van der Waals surface area contributed by atoms with Crippen LogP contribution in [0.2, 0.25) is 0 Å². The van der Waals surface area contributed by atoms with Gasteiger partial charge in [0.25, 0.3) is 5.91 Å². The zero-order valence-corrected chi connectivity index (χ0v) is 11.5. The van der Waals surface area contributed by atoms with Crippen LogP contribution >= 0.6 is 11.3 Å². The minimum atomic E-state index is -0.734. The molecule has 1 N–H and O–H groups in total. The molecule has 1 aliphatic heterocycles. The van der Waals surface area contributed by atoms with Crippen LogP contribution in [0.1, 0.15) is 46.8 Å². The van der Waals surface area contributed by atoms with Crippen molar-refractivity contribution in [3.05, 3.63) is 21.9 Å². The lowest BCUT2D eigenvalue weighted by atomic mass is 9.97. The van der Waals surface area contributed by atoms with Crippen molar-refractivity contribution in [3.63, 3.8) is 0 Å². The zero-order chi connectivity index (χ0) is 13.4. The van der Waals surface area contributed by atoms with Crippen molar-refractivity contribution in [1.29, 1.82) is 0 Å². The van der Waals surface area contributed by atoms with E-state index < -0.39 is 5.97 Å². The number of aliphatic carboxylic acids is 1. The summed E-state index contributed by atoms with van der Waals surface area (Å²) in [4.78, 5) is 26.1. The summed E-state index contributed by atoms with van der Waals surface area (Å²) in [6.45, 7) is 1.13. The van der Waals surface area contributed by atoms with Crippen molar-refractivity contribution in [2.75, 3.05) is 13.1 Å². The Labute approximate surface area is 116 Å². The van der Waals surface area contributed by atoms with Crippen molar-refractivity contribution in [1.82, 2.24) is 4.90 Å². The molecule has 0 unspecified atom stereocenters. The first-order chi connectivity index (χ1) is 9.16. The molecule has 0 bridgehead atoms. The van der Waals surface area contributed by atoms with Crippen LogP contribution in [0.4, 0.5) is 0 Å². The summed E-state index contributed by atoms with van der Waals surface area (Å²) in [5, 5.41) is 11.0. The zero-order valence-electron chi connectivity index (χ0n) is 10.7. The Morgan fingerprint density at radius 1 is 1.21 bits per heavy atom. The maximum atomic E-state index is 12.5. The summed E-state index contributed by atoms with van der Waals surface area (Å²) in [5.41, 5.74) is 1.20. The van der Waals surface area contributed by atoms with E-state index in [0.717, 1.165) is 4.88 Å². The monoisotopic (exact) mass is 279 g/mol. The van der Waals surface area contributed by atoms with E-state index in [4.69, 9.17) is 5.11 Å².